The van der Waals surface area contributed by atoms with Crippen molar-refractivity contribution in [3.63, 3.8) is 0 Å². The molecule has 6 nitrogen and oxygen atoms in total. The van der Waals surface area contributed by atoms with E-state index in [2.05, 4.69) is 22.2 Å². The van der Waals surface area contributed by atoms with E-state index < -0.39 is 0 Å². The van der Waals surface area contributed by atoms with Crippen LogP contribution in [0.25, 0.3) is 0 Å². The predicted molar refractivity (Wildman–Crippen MR) is 81.3 cm³/mol. The molecule has 0 saturated heterocycles. The molecule has 1 heterocycles. The fourth-order valence-corrected chi connectivity index (χ4v) is 1.82. The maximum absolute atomic E-state index is 12.2. The van der Waals surface area contributed by atoms with Gasteiger partial charge in [0.15, 0.2) is 0 Å². The minimum Gasteiger partial charge on any atom is -0.379 e. The third-order valence-corrected chi connectivity index (χ3v) is 3.40. The number of hydrogen-bond donors (Lipinski definition) is 1. The van der Waals surface area contributed by atoms with E-state index in [0.717, 1.165) is 25.5 Å². The molecule has 1 amide bonds. The summed E-state index contributed by atoms with van der Waals surface area (Å²) in [7, 11) is 1.76. The number of aromatic nitrogens is 2. The van der Waals surface area contributed by atoms with Crippen LogP contribution < -0.4 is 5.32 Å². The van der Waals surface area contributed by atoms with Gasteiger partial charge in [-0.1, -0.05) is 6.92 Å². The first-order valence-corrected chi connectivity index (χ1v) is 7.59. The number of likely N-dealkylation sites (N-methyl/N-ethyl adjacent to an activating group) is 1. The zero-order valence-corrected chi connectivity index (χ0v) is 12.8. The smallest absolute Gasteiger partial charge is 0.273 e. The highest BCUT2D eigenvalue weighted by molar-refractivity contribution is 5.91. The highest BCUT2D eigenvalue weighted by Crippen LogP contribution is 2.28. The summed E-state index contributed by atoms with van der Waals surface area (Å²) in [6.07, 6.45) is 6.69. The molecule has 1 aromatic rings. The van der Waals surface area contributed by atoms with Gasteiger partial charge in [-0.25, -0.2) is 9.97 Å². The third-order valence-electron chi connectivity index (χ3n) is 3.40. The van der Waals surface area contributed by atoms with Crippen molar-refractivity contribution in [2.75, 3.05) is 38.7 Å². The molecular formula is C15H24N4O2. The van der Waals surface area contributed by atoms with Crippen molar-refractivity contribution in [3.8, 4) is 0 Å². The molecule has 1 aromatic heterocycles. The molecule has 0 aromatic carbocycles. The zero-order valence-electron chi connectivity index (χ0n) is 12.8. The summed E-state index contributed by atoms with van der Waals surface area (Å²) >= 11 is 0. The summed E-state index contributed by atoms with van der Waals surface area (Å²) in [5, 5.41) is 3.13. The van der Waals surface area contributed by atoms with Crippen molar-refractivity contribution >= 4 is 11.7 Å². The lowest BCUT2D eigenvalue weighted by molar-refractivity contribution is 0.0675. The van der Waals surface area contributed by atoms with Crippen LogP contribution in [-0.2, 0) is 4.74 Å². The molecule has 116 valence electrons. The first kappa shape index (κ1) is 15.7. The normalized spacial score (nSPS) is 14.0. The first-order chi connectivity index (χ1) is 10.2. The van der Waals surface area contributed by atoms with Crippen LogP contribution in [0.1, 0.15) is 36.7 Å². The Morgan fingerprint density at radius 2 is 2.24 bits per heavy atom. The predicted octanol–water partition coefficient (Wildman–Crippen LogP) is 1.80. The molecule has 1 N–H and O–H groups in total. The summed E-state index contributed by atoms with van der Waals surface area (Å²) in [6, 6.07) is 0. The van der Waals surface area contributed by atoms with Gasteiger partial charge in [0.05, 0.1) is 19.0 Å². The number of amides is 1. The van der Waals surface area contributed by atoms with E-state index in [-0.39, 0.29) is 5.91 Å². The molecule has 1 aliphatic carbocycles. The summed E-state index contributed by atoms with van der Waals surface area (Å²) in [5.74, 6) is 1.32. The Kier molecular flexibility index (Phi) is 5.92. The van der Waals surface area contributed by atoms with Crippen LogP contribution in [0.5, 0.6) is 0 Å². The van der Waals surface area contributed by atoms with Crippen LogP contribution in [0.4, 0.5) is 5.82 Å². The number of carbonyl (C=O) groups is 1. The number of rotatable bonds is 9. The minimum atomic E-state index is -0.125. The Morgan fingerprint density at radius 1 is 1.43 bits per heavy atom. The second kappa shape index (κ2) is 7.93. The maximum atomic E-state index is 12.2. The van der Waals surface area contributed by atoms with Gasteiger partial charge >= 0.3 is 0 Å². The van der Waals surface area contributed by atoms with Crippen molar-refractivity contribution in [3.05, 3.63) is 18.1 Å². The number of nitrogens with zero attached hydrogens (tertiary/aromatic N) is 3. The molecule has 0 spiro atoms. The van der Waals surface area contributed by atoms with Gasteiger partial charge in [0.1, 0.15) is 11.5 Å². The van der Waals surface area contributed by atoms with E-state index in [4.69, 9.17) is 4.74 Å². The summed E-state index contributed by atoms with van der Waals surface area (Å²) in [5.41, 5.74) is 0.363. The Hall–Kier alpha value is -1.69. The standard InChI is InChI=1S/C15H24N4O2/c1-3-6-16-14-10-17-13(9-18-14)15(20)19(2)7-8-21-11-12-4-5-12/h9-10,12H,3-8,11H2,1-2H3,(H,16,18). The Labute approximate surface area is 125 Å². The highest BCUT2D eigenvalue weighted by atomic mass is 16.5. The van der Waals surface area contributed by atoms with Crippen LogP contribution in [-0.4, -0.2) is 54.1 Å². The molecule has 6 heteroatoms. The topological polar surface area (TPSA) is 67.4 Å². The molecule has 0 unspecified atom stereocenters. The van der Waals surface area contributed by atoms with E-state index in [1.54, 1.807) is 18.1 Å². The van der Waals surface area contributed by atoms with Gasteiger partial charge in [0, 0.05) is 26.7 Å². The van der Waals surface area contributed by atoms with Crippen LogP contribution >= 0.6 is 0 Å². The molecule has 1 aliphatic rings. The first-order valence-electron chi connectivity index (χ1n) is 7.59. The van der Waals surface area contributed by atoms with Crippen molar-refractivity contribution in [2.45, 2.75) is 26.2 Å². The zero-order chi connectivity index (χ0) is 15.1. The van der Waals surface area contributed by atoms with Gasteiger partial charge in [-0.3, -0.25) is 4.79 Å². The van der Waals surface area contributed by atoms with Gasteiger partial charge < -0.3 is 15.0 Å². The highest BCUT2D eigenvalue weighted by Gasteiger charge is 2.21. The van der Waals surface area contributed by atoms with Gasteiger partial charge in [-0.15, -0.1) is 0 Å². The summed E-state index contributed by atoms with van der Waals surface area (Å²) < 4.78 is 5.54. The fourth-order valence-electron chi connectivity index (χ4n) is 1.82. The lowest BCUT2D eigenvalue weighted by Gasteiger charge is -2.16. The fraction of sp³-hybridized carbons (Fsp3) is 0.667. The number of anilines is 1. The number of hydrogen-bond acceptors (Lipinski definition) is 5. The van der Waals surface area contributed by atoms with Crippen molar-refractivity contribution < 1.29 is 9.53 Å². The van der Waals surface area contributed by atoms with Crippen molar-refractivity contribution in [1.29, 1.82) is 0 Å². The van der Waals surface area contributed by atoms with Gasteiger partial charge in [-0.2, -0.15) is 0 Å². The number of carbonyl (C=O) groups excluding carboxylic acids is 1. The molecule has 0 atom stereocenters. The average molecular weight is 292 g/mol. The number of nitrogens with one attached hydrogen (secondary N) is 1. The largest absolute Gasteiger partial charge is 0.379 e. The second-order valence-electron chi connectivity index (χ2n) is 5.46. The second-order valence-corrected chi connectivity index (χ2v) is 5.46. The van der Waals surface area contributed by atoms with Gasteiger partial charge in [0.2, 0.25) is 0 Å². The SMILES string of the molecule is CCCNc1cnc(C(=O)N(C)CCOCC2CC2)cn1. The molecule has 1 saturated carbocycles. The van der Waals surface area contributed by atoms with Crippen LogP contribution in [0.15, 0.2) is 12.4 Å². The Balaban J connectivity index is 1.74. The number of ether oxygens (including phenoxy) is 1. The van der Waals surface area contributed by atoms with E-state index in [1.807, 2.05) is 0 Å². The summed E-state index contributed by atoms with van der Waals surface area (Å²) in [6.45, 7) is 4.89. The third kappa shape index (κ3) is 5.30. The Morgan fingerprint density at radius 3 is 2.86 bits per heavy atom. The molecule has 0 aliphatic heterocycles. The Bertz CT molecular complexity index is 445. The minimum absolute atomic E-state index is 0.125. The van der Waals surface area contributed by atoms with E-state index in [1.165, 1.54) is 19.0 Å². The van der Waals surface area contributed by atoms with E-state index >= 15 is 0 Å². The van der Waals surface area contributed by atoms with Gasteiger partial charge in [0.25, 0.3) is 5.91 Å². The maximum Gasteiger partial charge on any atom is 0.273 e. The molecule has 21 heavy (non-hydrogen) atoms. The molecule has 0 bridgehead atoms. The summed E-state index contributed by atoms with van der Waals surface area (Å²) in [4.78, 5) is 22.1. The van der Waals surface area contributed by atoms with Crippen LogP contribution in [0.3, 0.4) is 0 Å². The van der Waals surface area contributed by atoms with Crippen molar-refractivity contribution in [2.24, 2.45) is 5.92 Å². The average Bonchev–Trinajstić information content (AvgIpc) is 3.33. The van der Waals surface area contributed by atoms with Crippen LogP contribution in [0.2, 0.25) is 0 Å². The monoisotopic (exact) mass is 292 g/mol. The van der Waals surface area contributed by atoms with Gasteiger partial charge in [-0.05, 0) is 25.2 Å². The molecule has 0 radical (unpaired) electrons. The van der Waals surface area contributed by atoms with Crippen molar-refractivity contribution in [1.82, 2.24) is 14.9 Å². The van der Waals surface area contributed by atoms with E-state index in [9.17, 15) is 4.79 Å². The quantitative estimate of drug-likeness (QED) is 0.703. The lowest BCUT2D eigenvalue weighted by Crippen LogP contribution is -2.31. The van der Waals surface area contributed by atoms with E-state index in [0.29, 0.717) is 24.7 Å². The van der Waals surface area contributed by atoms with Crippen LogP contribution in [0, 0.1) is 5.92 Å². The molecular weight excluding hydrogens is 268 g/mol. The molecule has 1 fully saturated rings. The lowest BCUT2D eigenvalue weighted by atomic mass is 10.4. The molecule has 2 rings (SSSR count).